The van der Waals surface area contributed by atoms with Gasteiger partial charge in [-0.3, -0.25) is 4.99 Å². The van der Waals surface area contributed by atoms with Crippen LogP contribution in [-0.4, -0.2) is 43.4 Å². The highest BCUT2D eigenvalue weighted by Gasteiger charge is 1.99. The fraction of sp³-hybridized carbons (Fsp3) is 0.444. The first-order chi connectivity index (χ1) is 12.3. The lowest BCUT2D eigenvalue weighted by molar-refractivity contribution is 0.414. The van der Waals surface area contributed by atoms with E-state index in [0.29, 0.717) is 0 Å². The summed E-state index contributed by atoms with van der Waals surface area (Å²) in [5.41, 5.74) is 1.28. The van der Waals surface area contributed by atoms with Crippen molar-refractivity contribution in [1.29, 1.82) is 0 Å². The van der Waals surface area contributed by atoms with Crippen molar-refractivity contribution in [3.8, 4) is 5.75 Å². The van der Waals surface area contributed by atoms with E-state index < -0.39 is 0 Å². The molecule has 1 aromatic heterocycles. The van der Waals surface area contributed by atoms with Gasteiger partial charge in [0.25, 0.3) is 0 Å². The summed E-state index contributed by atoms with van der Waals surface area (Å²) in [6.07, 6.45) is 3.84. The van der Waals surface area contributed by atoms with Crippen molar-refractivity contribution in [1.82, 2.24) is 15.6 Å². The van der Waals surface area contributed by atoms with E-state index in [4.69, 9.17) is 4.74 Å². The monoisotopic (exact) mass is 506 g/mol. The van der Waals surface area contributed by atoms with Crippen LogP contribution in [0.1, 0.15) is 18.9 Å². The molecular weight excluding hydrogens is 479 g/mol. The third kappa shape index (κ3) is 9.09. The van der Waals surface area contributed by atoms with E-state index in [1.807, 2.05) is 23.7 Å². The van der Waals surface area contributed by atoms with Crippen LogP contribution in [0.3, 0.4) is 0 Å². The second-order valence-electron chi connectivity index (χ2n) is 5.29. The smallest absolute Gasteiger partial charge is 0.191 e. The van der Waals surface area contributed by atoms with Crippen LogP contribution in [0.15, 0.2) is 45.2 Å². The molecule has 0 unspecified atom stereocenters. The van der Waals surface area contributed by atoms with Crippen molar-refractivity contribution < 1.29 is 4.74 Å². The number of nitrogens with one attached hydrogen (secondary N) is 2. The van der Waals surface area contributed by atoms with Crippen molar-refractivity contribution in [2.45, 2.75) is 24.1 Å². The SMILES string of the molecule is CCNC(=NCCCSc1nccs1)NCCc1ccc(OC)cc1.I. The molecule has 0 fully saturated rings. The molecule has 0 aliphatic carbocycles. The van der Waals surface area contributed by atoms with Crippen molar-refractivity contribution in [2.75, 3.05) is 32.5 Å². The molecule has 0 amide bonds. The lowest BCUT2D eigenvalue weighted by Gasteiger charge is -2.11. The molecule has 0 aliphatic heterocycles. The van der Waals surface area contributed by atoms with Gasteiger partial charge in [0.05, 0.1) is 7.11 Å². The van der Waals surface area contributed by atoms with Crippen LogP contribution < -0.4 is 15.4 Å². The Labute approximate surface area is 181 Å². The van der Waals surface area contributed by atoms with Gasteiger partial charge in [0.1, 0.15) is 10.1 Å². The minimum atomic E-state index is 0. The zero-order valence-corrected chi connectivity index (χ0v) is 19.2. The molecule has 0 aliphatic rings. The van der Waals surface area contributed by atoms with Gasteiger partial charge < -0.3 is 15.4 Å². The normalized spacial score (nSPS) is 10.9. The molecule has 0 saturated heterocycles. The van der Waals surface area contributed by atoms with Crippen LogP contribution in [0.25, 0.3) is 0 Å². The number of rotatable bonds is 10. The van der Waals surface area contributed by atoms with Gasteiger partial charge in [-0.25, -0.2) is 4.98 Å². The van der Waals surface area contributed by atoms with Gasteiger partial charge in [0.15, 0.2) is 5.96 Å². The lowest BCUT2D eigenvalue weighted by Crippen LogP contribution is -2.38. The zero-order chi connectivity index (χ0) is 17.7. The minimum absolute atomic E-state index is 0. The third-order valence-electron chi connectivity index (χ3n) is 3.42. The Balaban J connectivity index is 0.00000338. The fourth-order valence-electron chi connectivity index (χ4n) is 2.16. The fourth-order valence-corrected chi connectivity index (χ4v) is 3.79. The summed E-state index contributed by atoms with van der Waals surface area (Å²) in [6, 6.07) is 8.18. The number of benzene rings is 1. The average molecular weight is 506 g/mol. The molecule has 5 nitrogen and oxygen atoms in total. The van der Waals surface area contributed by atoms with Crippen LogP contribution in [-0.2, 0) is 6.42 Å². The van der Waals surface area contributed by atoms with Gasteiger partial charge in [-0.15, -0.1) is 35.3 Å². The lowest BCUT2D eigenvalue weighted by atomic mass is 10.1. The summed E-state index contributed by atoms with van der Waals surface area (Å²) in [4.78, 5) is 8.91. The van der Waals surface area contributed by atoms with E-state index in [9.17, 15) is 0 Å². The molecule has 8 heteroatoms. The van der Waals surface area contributed by atoms with Crippen molar-refractivity contribution in [2.24, 2.45) is 4.99 Å². The average Bonchev–Trinajstić information content (AvgIpc) is 3.15. The molecule has 26 heavy (non-hydrogen) atoms. The number of guanidine groups is 1. The van der Waals surface area contributed by atoms with E-state index in [0.717, 1.165) is 54.3 Å². The quantitative estimate of drug-likeness (QED) is 0.168. The Morgan fingerprint density at radius 1 is 1.27 bits per heavy atom. The molecule has 1 aromatic carbocycles. The Kier molecular flexibility index (Phi) is 12.5. The number of aromatic nitrogens is 1. The van der Waals surface area contributed by atoms with Crippen LogP contribution in [0.5, 0.6) is 5.75 Å². The number of halogens is 1. The highest BCUT2D eigenvalue weighted by molar-refractivity contribution is 14.0. The molecular formula is C18H27IN4OS2. The molecule has 0 saturated carbocycles. The van der Waals surface area contributed by atoms with Crippen LogP contribution in [0.4, 0.5) is 0 Å². The topological polar surface area (TPSA) is 58.5 Å². The van der Waals surface area contributed by atoms with Gasteiger partial charge >= 0.3 is 0 Å². The summed E-state index contributed by atoms with van der Waals surface area (Å²) in [5, 5.41) is 8.70. The molecule has 2 rings (SSSR count). The second-order valence-corrected chi connectivity index (χ2v) is 7.52. The van der Waals surface area contributed by atoms with Crippen molar-refractivity contribution in [3.63, 3.8) is 0 Å². The Morgan fingerprint density at radius 2 is 2.08 bits per heavy atom. The zero-order valence-electron chi connectivity index (χ0n) is 15.2. The molecule has 0 atom stereocenters. The summed E-state index contributed by atoms with van der Waals surface area (Å²) in [7, 11) is 1.69. The summed E-state index contributed by atoms with van der Waals surface area (Å²) in [5.74, 6) is 2.82. The maximum Gasteiger partial charge on any atom is 0.191 e. The molecule has 0 radical (unpaired) electrons. The molecule has 2 aromatic rings. The number of ether oxygens (including phenoxy) is 1. The third-order valence-corrected chi connectivity index (χ3v) is 5.47. The van der Waals surface area contributed by atoms with E-state index in [2.05, 4.69) is 39.7 Å². The first kappa shape index (κ1) is 23.0. The highest BCUT2D eigenvalue weighted by atomic mass is 127. The molecule has 0 spiro atoms. The van der Waals surface area contributed by atoms with E-state index >= 15 is 0 Å². The summed E-state index contributed by atoms with van der Waals surface area (Å²) in [6.45, 7) is 4.61. The molecule has 0 bridgehead atoms. The number of hydrogen-bond donors (Lipinski definition) is 2. The Morgan fingerprint density at radius 3 is 2.73 bits per heavy atom. The van der Waals surface area contributed by atoms with Gasteiger partial charge in [-0.2, -0.15) is 0 Å². The number of hydrogen-bond acceptors (Lipinski definition) is 5. The number of nitrogens with zero attached hydrogens (tertiary/aromatic N) is 2. The number of aliphatic imine (C=N–C) groups is 1. The van der Waals surface area contributed by atoms with Crippen molar-refractivity contribution in [3.05, 3.63) is 41.4 Å². The van der Waals surface area contributed by atoms with Crippen LogP contribution >= 0.6 is 47.1 Å². The predicted octanol–water partition coefficient (Wildman–Crippen LogP) is 4.05. The van der Waals surface area contributed by atoms with Gasteiger partial charge in [0, 0.05) is 37.0 Å². The second kappa shape index (κ2) is 14.1. The Hall–Kier alpha value is -1.00. The molecule has 144 valence electrons. The largest absolute Gasteiger partial charge is 0.497 e. The number of methoxy groups -OCH3 is 1. The van der Waals surface area contributed by atoms with Crippen molar-refractivity contribution >= 4 is 53.0 Å². The number of thiazole rings is 1. The number of thioether (sulfide) groups is 1. The maximum atomic E-state index is 5.18. The van der Waals surface area contributed by atoms with Gasteiger partial charge in [-0.05, 0) is 37.5 Å². The van der Waals surface area contributed by atoms with Crippen LogP contribution in [0.2, 0.25) is 0 Å². The first-order valence-corrected chi connectivity index (χ1v) is 10.4. The summed E-state index contributed by atoms with van der Waals surface area (Å²) >= 11 is 3.49. The van der Waals surface area contributed by atoms with E-state index in [1.54, 1.807) is 30.2 Å². The minimum Gasteiger partial charge on any atom is -0.497 e. The van der Waals surface area contributed by atoms with Gasteiger partial charge in [0.2, 0.25) is 0 Å². The molecule has 2 N–H and O–H groups in total. The first-order valence-electron chi connectivity index (χ1n) is 8.49. The summed E-state index contributed by atoms with van der Waals surface area (Å²) < 4.78 is 6.31. The molecule has 1 heterocycles. The van der Waals surface area contributed by atoms with E-state index in [1.165, 1.54) is 5.56 Å². The highest BCUT2D eigenvalue weighted by Crippen LogP contribution is 2.20. The standard InChI is InChI=1S/C18H26N4OS2.HI/c1-3-19-17(20-10-4-13-24-18-22-12-14-25-18)21-11-9-15-5-7-16(23-2)8-6-15;/h5-8,12,14H,3-4,9-11,13H2,1-2H3,(H2,19,20,21);1H. The van der Waals surface area contributed by atoms with Crippen LogP contribution in [0, 0.1) is 0 Å². The van der Waals surface area contributed by atoms with Gasteiger partial charge in [-0.1, -0.05) is 23.9 Å². The Bertz CT molecular complexity index is 621. The predicted molar refractivity (Wildman–Crippen MR) is 124 cm³/mol. The maximum absolute atomic E-state index is 5.18. The van der Waals surface area contributed by atoms with E-state index in [-0.39, 0.29) is 24.0 Å².